The van der Waals surface area contributed by atoms with Gasteiger partial charge in [-0.15, -0.1) is 0 Å². The van der Waals surface area contributed by atoms with Crippen molar-refractivity contribution in [3.63, 3.8) is 0 Å². The van der Waals surface area contributed by atoms with Crippen molar-refractivity contribution in [1.29, 1.82) is 0 Å². The van der Waals surface area contributed by atoms with Crippen molar-refractivity contribution < 1.29 is 35.8 Å². The van der Waals surface area contributed by atoms with E-state index in [-0.39, 0.29) is 24.2 Å². The second-order valence-corrected chi connectivity index (χ2v) is 7.22. The monoisotopic (exact) mass is 430 g/mol. The van der Waals surface area contributed by atoms with Crippen molar-refractivity contribution in [2.45, 2.75) is 37.4 Å². The van der Waals surface area contributed by atoms with Gasteiger partial charge in [-0.25, -0.2) is 0 Å². The Bertz CT molecular complexity index is 856. The molecule has 3 rings (SSSR count). The van der Waals surface area contributed by atoms with E-state index < -0.39 is 35.7 Å². The summed E-state index contributed by atoms with van der Waals surface area (Å²) in [5, 5.41) is 0. The predicted molar refractivity (Wildman–Crippen MR) is 98.9 cm³/mol. The van der Waals surface area contributed by atoms with Crippen LogP contribution in [0.25, 0.3) is 0 Å². The zero-order valence-corrected chi connectivity index (χ0v) is 16.1. The van der Waals surface area contributed by atoms with Crippen molar-refractivity contribution in [3.8, 4) is 0 Å². The standard InChI is InChI=1S/C22H20F6O2/c1-13-11-29-12-19(20(13)15-6-4-3-5-7-15)30-14(2)16-8-17(21(23,24)25)10-18(9-16)22(26,27)28/h3-10,14,19-20H,1,11-12H2,2H3. The lowest BCUT2D eigenvalue weighted by molar-refractivity contribution is -0.143. The zero-order valence-electron chi connectivity index (χ0n) is 16.1. The van der Waals surface area contributed by atoms with Crippen molar-refractivity contribution >= 4 is 0 Å². The second kappa shape index (κ2) is 8.43. The van der Waals surface area contributed by atoms with E-state index in [0.29, 0.717) is 18.7 Å². The van der Waals surface area contributed by atoms with Crippen LogP contribution in [0.5, 0.6) is 0 Å². The molecular weight excluding hydrogens is 410 g/mol. The van der Waals surface area contributed by atoms with Crippen molar-refractivity contribution in [3.05, 3.63) is 82.9 Å². The minimum atomic E-state index is -4.91. The van der Waals surface area contributed by atoms with Crippen LogP contribution in [0.2, 0.25) is 0 Å². The summed E-state index contributed by atoms with van der Waals surface area (Å²) in [4.78, 5) is 0. The fourth-order valence-corrected chi connectivity index (χ4v) is 3.54. The van der Waals surface area contributed by atoms with E-state index in [1.54, 1.807) is 0 Å². The molecule has 0 aromatic heterocycles. The van der Waals surface area contributed by atoms with Gasteiger partial charge in [0, 0.05) is 5.92 Å². The van der Waals surface area contributed by atoms with Crippen LogP contribution in [0, 0.1) is 0 Å². The molecule has 2 aromatic rings. The molecule has 1 aliphatic heterocycles. The number of hydrogen-bond acceptors (Lipinski definition) is 2. The van der Waals surface area contributed by atoms with E-state index in [1.165, 1.54) is 6.92 Å². The molecular formula is C22H20F6O2. The third-order valence-corrected chi connectivity index (χ3v) is 5.00. The summed E-state index contributed by atoms with van der Waals surface area (Å²) < 4.78 is 90.3. The van der Waals surface area contributed by atoms with Crippen LogP contribution < -0.4 is 0 Å². The van der Waals surface area contributed by atoms with Crippen LogP contribution >= 0.6 is 0 Å². The van der Waals surface area contributed by atoms with E-state index in [9.17, 15) is 26.3 Å². The highest BCUT2D eigenvalue weighted by Gasteiger charge is 2.38. The van der Waals surface area contributed by atoms with E-state index in [1.807, 2.05) is 30.3 Å². The Kier molecular flexibility index (Phi) is 6.29. The number of hydrogen-bond donors (Lipinski definition) is 0. The molecule has 0 amide bonds. The normalized spacial score (nSPS) is 21.5. The molecule has 8 heteroatoms. The molecule has 0 N–H and O–H groups in total. The molecule has 0 aliphatic carbocycles. The Balaban J connectivity index is 1.92. The number of benzene rings is 2. The van der Waals surface area contributed by atoms with Crippen molar-refractivity contribution in [2.24, 2.45) is 0 Å². The number of halogens is 6. The first kappa shape index (κ1) is 22.4. The van der Waals surface area contributed by atoms with Gasteiger partial charge in [-0.2, -0.15) is 26.3 Å². The first-order valence-electron chi connectivity index (χ1n) is 9.22. The molecule has 0 saturated carbocycles. The fraction of sp³-hybridized carbons (Fsp3) is 0.364. The van der Waals surface area contributed by atoms with Crippen LogP contribution in [0.4, 0.5) is 26.3 Å². The van der Waals surface area contributed by atoms with Crippen LogP contribution in [-0.4, -0.2) is 19.3 Å². The van der Waals surface area contributed by atoms with Gasteiger partial charge in [0.15, 0.2) is 0 Å². The van der Waals surface area contributed by atoms with Gasteiger partial charge in [0.2, 0.25) is 0 Å². The quantitative estimate of drug-likeness (QED) is 0.405. The topological polar surface area (TPSA) is 18.5 Å². The van der Waals surface area contributed by atoms with Gasteiger partial charge in [-0.1, -0.05) is 36.9 Å². The van der Waals surface area contributed by atoms with E-state index in [4.69, 9.17) is 9.47 Å². The Labute approximate surface area is 170 Å². The highest BCUT2D eigenvalue weighted by molar-refractivity contribution is 5.35. The molecule has 162 valence electrons. The summed E-state index contributed by atoms with van der Waals surface area (Å²) in [7, 11) is 0. The molecule has 2 nitrogen and oxygen atoms in total. The van der Waals surface area contributed by atoms with Gasteiger partial charge in [0.05, 0.1) is 36.5 Å². The average Bonchev–Trinajstić information content (AvgIpc) is 2.67. The highest BCUT2D eigenvalue weighted by atomic mass is 19.4. The molecule has 3 atom stereocenters. The van der Waals surface area contributed by atoms with Crippen molar-refractivity contribution in [2.75, 3.05) is 13.2 Å². The maximum atomic E-state index is 13.2. The first-order valence-corrected chi connectivity index (χ1v) is 9.22. The lowest BCUT2D eigenvalue weighted by Crippen LogP contribution is -2.35. The zero-order chi connectivity index (χ0) is 22.1. The maximum absolute atomic E-state index is 13.2. The Morgan fingerprint density at radius 3 is 2.07 bits per heavy atom. The Hall–Kier alpha value is -2.32. The van der Waals surface area contributed by atoms with Gasteiger partial charge >= 0.3 is 12.4 Å². The third kappa shape index (κ3) is 5.05. The number of alkyl halides is 6. The lowest BCUT2D eigenvalue weighted by atomic mass is 9.86. The molecule has 30 heavy (non-hydrogen) atoms. The van der Waals surface area contributed by atoms with Gasteiger partial charge in [-0.3, -0.25) is 0 Å². The fourth-order valence-electron chi connectivity index (χ4n) is 3.54. The summed E-state index contributed by atoms with van der Waals surface area (Å²) in [6, 6.07) is 10.7. The van der Waals surface area contributed by atoms with Crippen molar-refractivity contribution in [1.82, 2.24) is 0 Å². The third-order valence-electron chi connectivity index (χ3n) is 5.00. The molecule has 3 unspecified atom stereocenters. The molecule has 1 heterocycles. The summed E-state index contributed by atoms with van der Waals surface area (Å²) in [5.74, 6) is -0.282. The minimum Gasteiger partial charge on any atom is -0.374 e. The molecule has 1 aliphatic rings. The molecule has 1 fully saturated rings. The highest BCUT2D eigenvalue weighted by Crippen LogP contribution is 2.40. The van der Waals surface area contributed by atoms with Gasteiger partial charge in [-0.05, 0) is 41.8 Å². The lowest BCUT2D eigenvalue weighted by Gasteiger charge is -2.35. The smallest absolute Gasteiger partial charge is 0.374 e. The maximum Gasteiger partial charge on any atom is 0.416 e. The second-order valence-electron chi connectivity index (χ2n) is 7.22. The molecule has 0 bridgehead atoms. The Morgan fingerprint density at radius 1 is 0.967 bits per heavy atom. The molecule has 0 radical (unpaired) electrons. The van der Waals surface area contributed by atoms with E-state index >= 15 is 0 Å². The average molecular weight is 430 g/mol. The Morgan fingerprint density at radius 2 is 1.53 bits per heavy atom. The molecule has 0 spiro atoms. The van der Waals surface area contributed by atoms with Gasteiger partial charge < -0.3 is 9.47 Å². The van der Waals surface area contributed by atoms with E-state index in [2.05, 4.69) is 6.58 Å². The largest absolute Gasteiger partial charge is 0.416 e. The van der Waals surface area contributed by atoms with E-state index in [0.717, 1.165) is 11.1 Å². The van der Waals surface area contributed by atoms with Crippen LogP contribution in [0.3, 0.4) is 0 Å². The van der Waals surface area contributed by atoms with Gasteiger partial charge in [0.25, 0.3) is 0 Å². The van der Waals surface area contributed by atoms with Crippen LogP contribution in [0.15, 0.2) is 60.7 Å². The first-order chi connectivity index (χ1) is 14.0. The predicted octanol–water partition coefficient (Wildman–Crippen LogP) is 6.54. The summed E-state index contributed by atoms with van der Waals surface area (Å²) >= 11 is 0. The van der Waals surface area contributed by atoms with Crippen LogP contribution in [-0.2, 0) is 21.8 Å². The molecule has 2 aromatic carbocycles. The SMILES string of the molecule is C=C1COCC(OC(C)c2cc(C(F)(F)F)cc(C(F)(F)F)c2)C1c1ccccc1. The van der Waals surface area contributed by atoms with Crippen LogP contribution in [0.1, 0.15) is 41.2 Å². The number of rotatable bonds is 4. The molecule has 1 saturated heterocycles. The summed E-state index contributed by atoms with van der Waals surface area (Å²) in [6.45, 7) is 5.87. The van der Waals surface area contributed by atoms with Gasteiger partial charge in [0.1, 0.15) is 0 Å². The number of ether oxygens (including phenoxy) is 2. The summed E-state index contributed by atoms with van der Waals surface area (Å²) in [5.41, 5.74) is -1.33. The summed E-state index contributed by atoms with van der Waals surface area (Å²) in [6.07, 6.45) is -11.5. The minimum absolute atomic E-state index is 0.106.